The van der Waals surface area contributed by atoms with E-state index in [0.717, 1.165) is 4.90 Å². The Hall–Kier alpha value is -1.98. The van der Waals surface area contributed by atoms with E-state index in [1.54, 1.807) is 43.3 Å². The van der Waals surface area contributed by atoms with Crippen molar-refractivity contribution in [3.63, 3.8) is 0 Å². The average molecular weight is 351 g/mol. The summed E-state index contributed by atoms with van der Waals surface area (Å²) in [6, 6.07) is 13.5. The third-order valence-electron chi connectivity index (χ3n) is 2.95. The first-order valence-electron chi connectivity index (χ1n) is 6.82. The summed E-state index contributed by atoms with van der Waals surface area (Å²) in [5.74, 6) is -0.420. The summed E-state index contributed by atoms with van der Waals surface area (Å²) in [6.45, 7) is 1.77. The van der Waals surface area contributed by atoms with Crippen LogP contribution in [-0.2, 0) is 9.53 Å². The molecule has 120 valence electrons. The van der Waals surface area contributed by atoms with Crippen molar-refractivity contribution in [3.8, 4) is 5.75 Å². The maximum absolute atomic E-state index is 12.1. The van der Waals surface area contributed by atoms with Gasteiger partial charge in [-0.1, -0.05) is 11.6 Å². The summed E-state index contributed by atoms with van der Waals surface area (Å²) in [7, 11) is 1.31. The molecule has 0 aromatic heterocycles. The number of rotatable bonds is 5. The molecule has 0 spiro atoms. The largest absolute Gasteiger partial charge is 0.465 e. The van der Waals surface area contributed by atoms with Crippen molar-refractivity contribution in [2.45, 2.75) is 17.1 Å². The SMILES string of the molecule is COC(=O)c1ccc(OC(=O)C(C)Sc2ccc(Cl)cc2)cc1. The van der Waals surface area contributed by atoms with Crippen LogP contribution >= 0.6 is 23.4 Å². The third kappa shape index (κ3) is 5.01. The highest BCUT2D eigenvalue weighted by atomic mass is 35.5. The van der Waals surface area contributed by atoms with E-state index in [2.05, 4.69) is 4.74 Å². The fourth-order valence-corrected chi connectivity index (χ4v) is 2.71. The Morgan fingerprint density at radius 3 is 2.22 bits per heavy atom. The fourth-order valence-electron chi connectivity index (χ4n) is 1.74. The number of ether oxygens (including phenoxy) is 2. The highest BCUT2D eigenvalue weighted by Crippen LogP contribution is 2.26. The monoisotopic (exact) mass is 350 g/mol. The zero-order valence-corrected chi connectivity index (χ0v) is 14.2. The van der Waals surface area contributed by atoms with E-state index in [9.17, 15) is 9.59 Å². The van der Waals surface area contributed by atoms with Crippen LogP contribution in [0.25, 0.3) is 0 Å². The molecule has 2 aromatic carbocycles. The van der Waals surface area contributed by atoms with E-state index in [4.69, 9.17) is 16.3 Å². The van der Waals surface area contributed by atoms with E-state index in [1.165, 1.54) is 18.9 Å². The molecule has 0 heterocycles. The van der Waals surface area contributed by atoms with Crippen molar-refractivity contribution in [1.82, 2.24) is 0 Å². The van der Waals surface area contributed by atoms with E-state index in [0.29, 0.717) is 16.3 Å². The van der Waals surface area contributed by atoms with Gasteiger partial charge >= 0.3 is 11.9 Å². The molecular formula is C17H15ClO4S. The lowest BCUT2D eigenvalue weighted by atomic mass is 10.2. The van der Waals surface area contributed by atoms with Gasteiger partial charge in [-0.25, -0.2) is 4.79 Å². The van der Waals surface area contributed by atoms with Gasteiger partial charge in [0, 0.05) is 9.92 Å². The minimum Gasteiger partial charge on any atom is -0.465 e. The summed E-state index contributed by atoms with van der Waals surface area (Å²) in [4.78, 5) is 24.4. The van der Waals surface area contributed by atoms with Gasteiger partial charge in [-0.05, 0) is 55.5 Å². The Kier molecular flexibility index (Phi) is 6.07. The first-order chi connectivity index (χ1) is 11.0. The second-order valence-corrected chi connectivity index (χ2v) is 6.50. The van der Waals surface area contributed by atoms with Crippen molar-refractivity contribution in [2.75, 3.05) is 7.11 Å². The summed E-state index contributed by atoms with van der Waals surface area (Å²) in [5, 5.41) is 0.270. The standard InChI is InChI=1S/C17H15ClO4S/c1-11(23-15-9-5-13(18)6-10-15)16(19)22-14-7-3-12(4-8-14)17(20)21-2/h3-11H,1-2H3. The van der Waals surface area contributed by atoms with Gasteiger partial charge in [0.15, 0.2) is 0 Å². The minimum absolute atomic E-state index is 0.365. The van der Waals surface area contributed by atoms with Crippen LogP contribution in [0.5, 0.6) is 5.75 Å². The van der Waals surface area contributed by atoms with Crippen molar-refractivity contribution in [1.29, 1.82) is 0 Å². The molecule has 0 saturated heterocycles. The Bertz CT molecular complexity index is 683. The first kappa shape index (κ1) is 17.4. The minimum atomic E-state index is -0.436. The van der Waals surface area contributed by atoms with Gasteiger partial charge in [-0.2, -0.15) is 0 Å². The number of halogens is 1. The normalized spacial score (nSPS) is 11.6. The van der Waals surface area contributed by atoms with Gasteiger partial charge in [0.2, 0.25) is 0 Å². The topological polar surface area (TPSA) is 52.6 Å². The highest BCUT2D eigenvalue weighted by molar-refractivity contribution is 8.00. The Morgan fingerprint density at radius 1 is 1.04 bits per heavy atom. The predicted octanol–water partition coefficient (Wildman–Crippen LogP) is 4.21. The van der Waals surface area contributed by atoms with E-state index >= 15 is 0 Å². The second kappa shape index (κ2) is 8.04. The van der Waals surface area contributed by atoms with Crippen LogP contribution < -0.4 is 4.74 Å². The van der Waals surface area contributed by atoms with Crippen molar-refractivity contribution < 1.29 is 19.1 Å². The summed E-state index contributed by atoms with van der Waals surface area (Å²) < 4.78 is 9.91. The number of hydrogen-bond donors (Lipinski definition) is 0. The number of carbonyl (C=O) groups excluding carboxylic acids is 2. The van der Waals surface area contributed by atoms with Crippen LogP contribution in [0.4, 0.5) is 0 Å². The Morgan fingerprint density at radius 2 is 1.65 bits per heavy atom. The highest BCUT2D eigenvalue weighted by Gasteiger charge is 2.17. The van der Waals surface area contributed by atoms with Gasteiger partial charge in [0.1, 0.15) is 11.0 Å². The second-order valence-electron chi connectivity index (χ2n) is 4.65. The van der Waals surface area contributed by atoms with Crippen LogP contribution in [0, 0.1) is 0 Å². The fraction of sp³-hybridized carbons (Fsp3) is 0.176. The summed E-state index contributed by atoms with van der Waals surface area (Å²) in [5.41, 5.74) is 0.399. The van der Waals surface area contributed by atoms with Gasteiger partial charge in [-0.3, -0.25) is 4.79 Å². The zero-order chi connectivity index (χ0) is 16.8. The van der Waals surface area contributed by atoms with E-state index in [-0.39, 0.29) is 11.2 Å². The molecule has 0 saturated carbocycles. The van der Waals surface area contributed by atoms with Gasteiger partial charge < -0.3 is 9.47 Å². The molecule has 2 rings (SSSR count). The molecule has 23 heavy (non-hydrogen) atoms. The molecule has 0 fully saturated rings. The van der Waals surface area contributed by atoms with Crippen molar-refractivity contribution in [2.24, 2.45) is 0 Å². The quantitative estimate of drug-likeness (QED) is 0.459. The number of carbonyl (C=O) groups is 2. The maximum atomic E-state index is 12.1. The molecular weight excluding hydrogens is 336 g/mol. The molecule has 1 unspecified atom stereocenters. The Balaban J connectivity index is 1.95. The molecule has 1 atom stereocenters. The van der Waals surface area contributed by atoms with Crippen LogP contribution in [0.1, 0.15) is 17.3 Å². The van der Waals surface area contributed by atoms with E-state index in [1.807, 2.05) is 12.1 Å². The Labute approximate surface area is 143 Å². The molecule has 0 radical (unpaired) electrons. The molecule has 0 aliphatic rings. The molecule has 4 nitrogen and oxygen atoms in total. The molecule has 6 heteroatoms. The molecule has 0 aliphatic carbocycles. The number of methoxy groups -OCH3 is 1. The smallest absolute Gasteiger partial charge is 0.337 e. The molecule has 0 aliphatic heterocycles. The maximum Gasteiger partial charge on any atom is 0.337 e. The van der Waals surface area contributed by atoms with Crippen LogP contribution in [0.3, 0.4) is 0 Å². The van der Waals surface area contributed by atoms with Crippen molar-refractivity contribution in [3.05, 3.63) is 59.1 Å². The zero-order valence-electron chi connectivity index (χ0n) is 12.6. The number of benzene rings is 2. The third-order valence-corrected chi connectivity index (χ3v) is 4.29. The average Bonchev–Trinajstić information content (AvgIpc) is 2.56. The van der Waals surface area contributed by atoms with Crippen LogP contribution in [-0.4, -0.2) is 24.3 Å². The van der Waals surface area contributed by atoms with Gasteiger partial charge in [0.25, 0.3) is 0 Å². The first-order valence-corrected chi connectivity index (χ1v) is 8.07. The van der Waals surface area contributed by atoms with Crippen molar-refractivity contribution >= 4 is 35.3 Å². The lowest BCUT2D eigenvalue weighted by Gasteiger charge is -2.11. The molecule has 0 N–H and O–H groups in total. The lowest BCUT2D eigenvalue weighted by Crippen LogP contribution is -2.19. The summed E-state index contributed by atoms with van der Waals surface area (Å²) in [6.07, 6.45) is 0. The predicted molar refractivity (Wildman–Crippen MR) is 90.2 cm³/mol. The van der Waals surface area contributed by atoms with Crippen LogP contribution in [0.2, 0.25) is 5.02 Å². The summed E-state index contributed by atoms with van der Waals surface area (Å²) >= 11 is 7.21. The molecule has 0 amide bonds. The van der Waals surface area contributed by atoms with Gasteiger partial charge in [0.05, 0.1) is 12.7 Å². The lowest BCUT2D eigenvalue weighted by molar-refractivity contribution is -0.133. The number of hydrogen-bond acceptors (Lipinski definition) is 5. The molecule has 2 aromatic rings. The number of esters is 2. The van der Waals surface area contributed by atoms with Crippen LogP contribution in [0.15, 0.2) is 53.4 Å². The molecule has 0 bridgehead atoms. The van der Waals surface area contributed by atoms with E-state index < -0.39 is 5.97 Å². The number of thioether (sulfide) groups is 1. The van der Waals surface area contributed by atoms with Gasteiger partial charge in [-0.15, -0.1) is 11.8 Å².